The largest absolute Gasteiger partial charge is 0.456 e. The zero-order valence-corrected chi connectivity index (χ0v) is 19.6. The van der Waals surface area contributed by atoms with Gasteiger partial charge in [-0.3, -0.25) is 0 Å². The summed E-state index contributed by atoms with van der Waals surface area (Å²) < 4.78 is 11.1. The first kappa shape index (κ1) is 22.6. The third-order valence-electron chi connectivity index (χ3n) is 6.09. The molecule has 3 atom stereocenters. The van der Waals surface area contributed by atoms with Crippen LogP contribution in [-0.4, -0.2) is 71.7 Å². The molecule has 182 valence electrons. The Hall–Kier alpha value is -3.83. The van der Waals surface area contributed by atoms with Crippen molar-refractivity contribution < 1.29 is 19.7 Å². The Balaban J connectivity index is 1.22. The molecule has 0 amide bonds. The Morgan fingerprint density at radius 1 is 1.00 bits per heavy atom. The second kappa shape index (κ2) is 9.32. The standard InChI is InChI=1S/C25H21ClN6O4/c26-18-11-19-24(31-25(29-19)36-21-13-35-20(12-33)23(21)34)30-22(18)16-3-1-14(2-4-16)15-5-7-17(8-6-15)32-27-9-10-28-32/h1-11,20-21,23,33-34H,12-13H2,(H,29,30,31)/t20?,21?,23-/m1/s1. The van der Waals surface area contributed by atoms with Gasteiger partial charge in [-0.25, -0.2) is 4.98 Å². The van der Waals surface area contributed by atoms with Gasteiger partial charge < -0.3 is 24.7 Å². The van der Waals surface area contributed by atoms with Gasteiger partial charge in [0.25, 0.3) is 6.01 Å². The van der Waals surface area contributed by atoms with Crippen molar-refractivity contribution in [2.75, 3.05) is 13.2 Å². The minimum Gasteiger partial charge on any atom is -0.456 e. The van der Waals surface area contributed by atoms with Crippen LogP contribution in [0.1, 0.15) is 0 Å². The summed E-state index contributed by atoms with van der Waals surface area (Å²) in [6.45, 7) is -0.132. The van der Waals surface area contributed by atoms with E-state index in [0.29, 0.717) is 21.9 Å². The van der Waals surface area contributed by atoms with Crippen molar-refractivity contribution in [3.63, 3.8) is 0 Å². The van der Waals surface area contributed by atoms with Crippen molar-refractivity contribution in [1.82, 2.24) is 29.9 Å². The zero-order chi connectivity index (χ0) is 24.6. The predicted molar refractivity (Wildman–Crippen MR) is 132 cm³/mol. The van der Waals surface area contributed by atoms with Gasteiger partial charge in [0.2, 0.25) is 0 Å². The van der Waals surface area contributed by atoms with Crippen LogP contribution < -0.4 is 4.74 Å². The number of rotatable bonds is 6. The Kier molecular flexibility index (Phi) is 5.86. The monoisotopic (exact) mass is 504 g/mol. The number of hydrogen-bond acceptors (Lipinski definition) is 8. The molecule has 0 spiro atoms. The molecule has 3 aromatic heterocycles. The van der Waals surface area contributed by atoms with Gasteiger partial charge in [0.15, 0.2) is 11.8 Å². The number of fused-ring (bicyclic) bond motifs is 1. The number of ether oxygens (including phenoxy) is 2. The molecule has 0 saturated carbocycles. The molecule has 0 aliphatic carbocycles. The maximum absolute atomic E-state index is 10.2. The summed E-state index contributed by atoms with van der Waals surface area (Å²) >= 11 is 6.55. The lowest BCUT2D eigenvalue weighted by Crippen LogP contribution is -2.36. The molecular weight excluding hydrogens is 484 g/mol. The van der Waals surface area contributed by atoms with Crippen LogP contribution in [0.3, 0.4) is 0 Å². The van der Waals surface area contributed by atoms with Gasteiger partial charge in [0.05, 0.1) is 47.5 Å². The van der Waals surface area contributed by atoms with E-state index in [1.165, 1.54) is 0 Å². The van der Waals surface area contributed by atoms with E-state index >= 15 is 0 Å². The van der Waals surface area contributed by atoms with Crippen LogP contribution in [0.25, 0.3) is 39.2 Å². The van der Waals surface area contributed by atoms with Gasteiger partial charge in [-0.1, -0.05) is 48.0 Å². The number of halogens is 1. The van der Waals surface area contributed by atoms with E-state index in [0.717, 1.165) is 22.4 Å². The Bertz CT molecular complexity index is 1490. The highest BCUT2D eigenvalue weighted by Crippen LogP contribution is 2.32. The molecule has 1 aliphatic rings. The van der Waals surface area contributed by atoms with Crippen LogP contribution in [0.15, 0.2) is 67.0 Å². The molecule has 4 heterocycles. The van der Waals surface area contributed by atoms with Crippen molar-refractivity contribution in [1.29, 1.82) is 0 Å². The first-order chi connectivity index (χ1) is 17.6. The average Bonchev–Trinajstić information content (AvgIpc) is 3.65. The van der Waals surface area contributed by atoms with Crippen LogP contribution in [-0.2, 0) is 4.74 Å². The maximum Gasteiger partial charge on any atom is 0.296 e. The Labute approximate surface area is 210 Å². The summed E-state index contributed by atoms with van der Waals surface area (Å²) in [5.41, 5.74) is 5.47. The highest BCUT2D eigenvalue weighted by atomic mass is 35.5. The van der Waals surface area contributed by atoms with Gasteiger partial charge in [0, 0.05) is 5.56 Å². The molecule has 1 fully saturated rings. The summed E-state index contributed by atoms with van der Waals surface area (Å²) in [7, 11) is 0. The lowest BCUT2D eigenvalue weighted by atomic mass is 10.0. The number of hydrogen-bond donors (Lipinski definition) is 3. The van der Waals surface area contributed by atoms with E-state index in [1.54, 1.807) is 23.3 Å². The first-order valence-corrected chi connectivity index (χ1v) is 11.7. The number of nitrogens with one attached hydrogen (secondary N) is 1. The SMILES string of the molecule is OCC1OCC(Oc2nc3nc(-c4ccc(-c5ccc(-n6nccn6)cc5)cc4)c(Cl)cc3[nH]2)[C@@H]1O. The number of aromatic nitrogens is 6. The number of aliphatic hydroxyl groups is 2. The van der Waals surface area contributed by atoms with E-state index < -0.39 is 18.3 Å². The van der Waals surface area contributed by atoms with E-state index in [2.05, 4.69) is 25.1 Å². The fraction of sp³-hybridized carbons (Fsp3) is 0.200. The van der Waals surface area contributed by atoms with Gasteiger partial charge >= 0.3 is 0 Å². The van der Waals surface area contributed by atoms with E-state index in [-0.39, 0.29) is 19.2 Å². The van der Waals surface area contributed by atoms with Crippen molar-refractivity contribution >= 4 is 22.8 Å². The van der Waals surface area contributed by atoms with Crippen LogP contribution in [0, 0.1) is 0 Å². The average molecular weight is 505 g/mol. The number of imidazole rings is 1. The van der Waals surface area contributed by atoms with Crippen molar-refractivity contribution in [3.8, 4) is 34.1 Å². The van der Waals surface area contributed by atoms with E-state index in [4.69, 9.17) is 21.1 Å². The number of pyridine rings is 1. The summed E-state index contributed by atoms with van der Waals surface area (Å²) in [5, 5.41) is 28.2. The van der Waals surface area contributed by atoms with Gasteiger partial charge in [-0.2, -0.15) is 20.0 Å². The van der Waals surface area contributed by atoms with Gasteiger partial charge in [0.1, 0.15) is 12.2 Å². The maximum atomic E-state index is 10.2. The quantitative estimate of drug-likeness (QED) is 0.321. The molecule has 5 aromatic rings. The van der Waals surface area contributed by atoms with E-state index in [1.807, 2.05) is 48.5 Å². The van der Waals surface area contributed by atoms with Crippen molar-refractivity contribution in [2.24, 2.45) is 0 Å². The number of benzene rings is 2. The van der Waals surface area contributed by atoms with Crippen molar-refractivity contribution in [2.45, 2.75) is 18.3 Å². The molecule has 36 heavy (non-hydrogen) atoms. The number of H-pyrrole nitrogens is 1. The second-order valence-electron chi connectivity index (χ2n) is 8.38. The number of aliphatic hydroxyl groups excluding tert-OH is 2. The number of aromatic amines is 1. The second-order valence-corrected chi connectivity index (χ2v) is 8.78. The molecule has 6 rings (SSSR count). The Morgan fingerprint density at radius 3 is 2.33 bits per heavy atom. The number of nitrogens with zero attached hydrogens (tertiary/aromatic N) is 5. The minimum absolute atomic E-state index is 0.151. The highest BCUT2D eigenvalue weighted by Gasteiger charge is 2.37. The molecule has 10 nitrogen and oxygen atoms in total. The van der Waals surface area contributed by atoms with E-state index in [9.17, 15) is 10.2 Å². The van der Waals surface area contributed by atoms with Gasteiger partial charge in [-0.15, -0.1) is 0 Å². The Morgan fingerprint density at radius 2 is 1.67 bits per heavy atom. The summed E-state index contributed by atoms with van der Waals surface area (Å²) in [5.74, 6) is 0. The lowest BCUT2D eigenvalue weighted by molar-refractivity contribution is -0.00390. The molecule has 1 saturated heterocycles. The van der Waals surface area contributed by atoms with Gasteiger partial charge in [-0.05, 0) is 29.3 Å². The van der Waals surface area contributed by atoms with Crippen LogP contribution >= 0.6 is 11.6 Å². The fourth-order valence-electron chi connectivity index (χ4n) is 4.17. The summed E-state index contributed by atoms with van der Waals surface area (Å²) in [4.78, 5) is 13.6. The molecule has 3 N–H and O–H groups in total. The zero-order valence-electron chi connectivity index (χ0n) is 18.8. The van der Waals surface area contributed by atoms with Crippen LogP contribution in [0.2, 0.25) is 5.02 Å². The third-order valence-corrected chi connectivity index (χ3v) is 6.38. The topological polar surface area (TPSA) is 131 Å². The molecule has 2 unspecified atom stereocenters. The highest BCUT2D eigenvalue weighted by molar-refractivity contribution is 6.33. The van der Waals surface area contributed by atoms with Crippen LogP contribution in [0.5, 0.6) is 6.01 Å². The summed E-state index contributed by atoms with van der Waals surface area (Å²) in [6, 6.07) is 17.9. The molecule has 0 radical (unpaired) electrons. The fourth-order valence-corrected chi connectivity index (χ4v) is 4.43. The molecule has 0 bridgehead atoms. The molecule has 2 aromatic carbocycles. The molecular formula is C25H21ClN6O4. The smallest absolute Gasteiger partial charge is 0.296 e. The van der Waals surface area contributed by atoms with Crippen LogP contribution in [0.4, 0.5) is 0 Å². The lowest BCUT2D eigenvalue weighted by Gasteiger charge is -2.15. The minimum atomic E-state index is -0.952. The predicted octanol–water partition coefficient (Wildman–Crippen LogP) is 3.03. The molecule has 11 heteroatoms. The van der Waals surface area contributed by atoms with Crippen molar-refractivity contribution in [3.05, 3.63) is 72.0 Å². The normalized spacial score (nSPS) is 19.7. The third kappa shape index (κ3) is 4.20. The first-order valence-electron chi connectivity index (χ1n) is 11.3. The summed E-state index contributed by atoms with van der Waals surface area (Å²) in [6.07, 6.45) is 1.01. The molecule has 1 aliphatic heterocycles.